The topological polar surface area (TPSA) is 64.8 Å². The van der Waals surface area contributed by atoms with Crippen LogP contribution >= 0.6 is 0 Å². The Morgan fingerprint density at radius 2 is 2.00 bits per heavy atom. The normalized spacial score (nSPS) is 11.0. The molecule has 1 rings (SSSR count). The van der Waals surface area contributed by atoms with Gasteiger partial charge in [0.2, 0.25) is 5.91 Å². The van der Waals surface area contributed by atoms with Crippen molar-refractivity contribution in [1.82, 2.24) is 4.90 Å². The highest BCUT2D eigenvalue weighted by atomic mass is 16.5. The molecule has 0 aliphatic rings. The number of benzene rings is 1. The molecule has 0 spiro atoms. The number of hydrogen-bond donors (Lipinski definition) is 1. The number of anilines is 1. The van der Waals surface area contributed by atoms with E-state index >= 15 is 0 Å². The zero-order valence-electron chi connectivity index (χ0n) is 12.7. The lowest BCUT2D eigenvalue weighted by atomic mass is 10.2. The Kier molecular flexibility index (Phi) is 8.16. The number of ether oxygens (including phenoxy) is 2. The van der Waals surface area contributed by atoms with E-state index in [9.17, 15) is 4.79 Å². The molecule has 0 aliphatic carbocycles. The maximum absolute atomic E-state index is 12.2. The van der Waals surface area contributed by atoms with Gasteiger partial charge in [-0.15, -0.1) is 0 Å². The highest BCUT2D eigenvalue weighted by Gasteiger charge is 2.09. The zero-order valence-corrected chi connectivity index (χ0v) is 12.7. The van der Waals surface area contributed by atoms with Crippen LogP contribution in [0.5, 0.6) is 0 Å². The Morgan fingerprint density at radius 3 is 2.67 bits per heavy atom. The first-order chi connectivity index (χ1) is 10.2. The fraction of sp³-hybridized carbons (Fsp3) is 0.438. The third kappa shape index (κ3) is 6.92. The lowest BCUT2D eigenvalue weighted by Crippen LogP contribution is -2.34. The van der Waals surface area contributed by atoms with E-state index in [2.05, 4.69) is 0 Å². The number of nitrogen functional groups attached to an aromatic ring is 1. The van der Waals surface area contributed by atoms with Crippen molar-refractivity contribution in [1.29, 1.82) is 0 Å². The van der Waals surface area contributed by atoms with Crippen LogP contribution in [0.15, 0.2) is 30.3 Å². The van der Waals surface area contributed by atoms with Crippen LogP contribution in [0.4, 0.5) is 5.69 Å². The minimum absolute atomic E-state index is 0.0365. The molecular weight excluding hydrogens is 268 g/mol. The van der Waals surface area contributed by atoms with Crippen LogP contribution < -0.4 is 5.73 Å². The molecule has 0 bridgehead atoms. The van der Waals surface area contributed by atoms with E-state index in [0.717, 1.165) is 12.0 Å². The number of nitrogens with two attached hydrogens (primary N) is 1. The highest BCUT2D eigenvalue weighted by Crippen LogP contribution is 2.08. The van der Waals surface area contributed by atoms with Gasteiger partial charge in [-0.25, -0.2) is 0 Å². The van der Waals surface area contributed by atoms with Crippen LogP contribution in [0, 0.1) is 0 Å². The summed E-state index contributed by atoms with van der Waals surface area (Å²) in [4.78, 5) is 14.0. The Bertz CT molecular complexity index is 461. The van der Waals surface area contributed by atoms with Gasteiger partial charge in [0.25, 0.3) is 0 Å². The Labute approximate surface area is 126 Å². The van der Waals surface area contributed by atoms with Crippen LogP contribution in [-0.4, -0.2) is 51.3 Å². The van der Waals surface area contributed by atoms with Gasteiger partial charge in [-0.05, 0) is 30.2 Å². The van der Waals surface area contributed by atoms with Gasteiger partial charge in [0, 0.05) is 45.7 Å². The van der Waals surface area contributed by atoms with Crippen LogP contribution in [0.3, 0.4) is 0 Å². The quantitative estimate of drug-likeness (QED) is 0.428. The molecule has 0 saturated heterocycles. The van der Waals surface area contributed by atoms with Gasteiger partial charge < -0.3 is 20.1 Å². The SMILES string of the molecule is COCCCN(CCOC)C(=O)/C=C/c1cccc(N)c1. The molecule has 1 amide bonds. The second-order valence-electron chi connectivity index (χ2n) is 4.67. The van der Waals surface area contributed by atoms with Gasteiger partial charge in [0.15, 0.2) is 0 Å². The van der Waals surface area contributed by atoms with E-state index in [-0.39, 0.29) is 5.91 Å². The third-order valence-electron chi connectivity index (χ3n) is 2.98. The van der Waals surface area contributed by atoms with Crippen molar-refractivity contribution in [2.75, 3.05) is 46.3 Å². The van der Waals surface area contributed by atoms with E-state index in [1.807, 2.05) is 24.3 Å². The fourth-order valence-corrected chi connectivity index (χ4v) is 1.87. The molecule has 5 heteroatoms. The number of rotatable bonds is 9. The summed E-state index contributed by atoms with van der Waals surface area (Å²) in [7, 11) is 3.28. The molecular formula is C16H24N2O3. The lowest BCUT2D eigenvalue weighted by Gasteiger charge is -2.20. The minimum atomic E-state index is -0.0365. The molecule has 0 radical (unpaired) electrons. The van der Waals surface area contributed by atoms with E-state index in [0.29, 0.717) is 32.0 Å². The van der Waals surface area contributed by atoms with Crippen LogP contribution in [0.2, 0.25) is 0 Å². The Morgan fingerprint density at radius 1 is 1.24 bits per heavy atom. The van der Waals surface area contributed by atoms with Crippen molar-refractivity contribution in [3.63, 3.8) is 0 Å². The second-order valence-corrected chi connectivity index (χ2v) is 4.67. The summed E-state index contributed by atoms with van der Waals surface area (Å²) >= 11 is 0. The van der Waals surface area contributed by atoms with Gasteiger partial charge in [0.1, 0.15) is 0 Å². The molecule has 0 heterocycles. The van der Waals surface area contributed by atoms with E-state index in [1.165, 1.54) is 0 Å². The molecule has 5 nitrogen and oxygen atoms in total. The van der Waals surface area contributed by atoms with Crippen molar-refractivity contribution < 1.29 is 14.3 Å². The maximum Gasteiger partial charge on any atom is 0.246 e. The van der Waals surface area contributed by atoms with Crippen LogP contribution in [0.1, 0.15) is 12.0 Å². The summed E-state index contributed by atoms with van der Waals surface area (Å²) in [6.07, 6.45) is 4.14. The predicted octanol–water partition coefficient (Wildman–Crippen LogP) is 1.79. The number of methoxy groups -OCH3 is 2. The van der Waals surface area contributed by atoms with Crippen molar-refractivity contribution in [3.8, 4) is 0 Å². The molecule has 21 heavy (non-hydrogen) atoms. The van der Waals surface area contributed by atoms with E-state index < -0.39 is 0 Å². The summed E-state index contributed by atoms with van der Waals surface area (Å²) < 4.78 is 10.1. The van der Waals surface area contributed by atoms with Gasteiger partial charge in [-0.1, -0.05) is 12.1 Å². The van der Waals surface area contributed by atoms with Gasteiger partial charge in [-0.3, -0.25) is 4.79 Å². The van der Waals surface area contributed by atoms with Crippen LogP contribution in [-0.2, 0) is 14.3 Å². The summed E-state index contributed by atoms with van der Waals surface area (Å²) in [5, 5.41) is 0. The van der Waals surface area contributed by atoms with Gasteiger partial charge in [0.05, 0.1) is 6.61 Å². The molecule has 0 saturated carbocycles. The molecule has 0 unspecified atom stereocenters. The van der Waals surface area contributed by atoms with Crippen molar-refractivity contribution in [2.24, 2.45) is 0 Å². The zero-order chi connectivity index (χ0) is 15.5. The first kappa shape index (κ1) is 17.2. The molecule has 1 aromatic carbocycles. The Hall–Kier alpha value is -1.85. The van der Waals surface area contributed by atoms with E-state index in [1.54, 1.807) is 31.3 Å². The molecule has 0 atom stereocenters. The predicted molar refractivity (Wildman–Crippen MR) is 84.8 cm³/mol. The fourth-order valence-electron chi connectivity index (χ4n) is 1.87. The standard InChI is InChI=1S/C16H24N2O3/c1-20-11-4-9-18(10-12-21-2)16(19)8-7-14-5-3-6-15(17)13-14/h3,5-8,13H,4,9-12,17H2,1-2H3/b8-7+. The molecule has 0 aromatic heterocycles. The molecule has 0 fully saturated rings. The second kappa shape index (κ2) is 9.96. The number of nitrogens with zero attached hydrogens (tertiary/aromatic N) is 1. The number of carbonyl (C=O) groups excluding carboxylic acids is 1. The Balaban J connectivity index is 2.61. The molecule has 0 aliphatic heterocycles. The average Bonchev–Trinajstić information content (AvgIpc) is 2.48. The summed E-state index contributed by atoms with van der Waals surface area (Å²) in [6, 6.07) is 7.41. The number of hydrogen-bond acceptors (Lipinski definition) is 4. The lowest BCUT2D eigenvalue weighted by molar-refractivity contribution is -0.126. The maximum atomic E-state index is 12.2. The summed E-state index contributed by atoms with van der Waals surface area (Å²) in [5.74, 6) is -0.0365. The van der Waals surface area contributed by atoms with Crippen LogP contribution in [0.25, 0.3) is 6.08 Å². The molecule has 1 aromatic rings. The monoisotopic (exact) mass is 292 g/mol. The van der Waals surface area contributed by atoms with Crippen molar-refractivity contribution >= 4 is 17.7 Å². The molecule has 116 valence electrons. The smallest absolute Gasteiger partial charge is 0.246 e. The van der Waals surface area contributed by atoms with Crippen molar-refractivity contribution in [3.05, 3.63) is 35.9 Å². The number of amides is 1. The van der Waals surface area contributed by atoms with Gasteiger partial charge >= 0.3 is 0 Å². The summed E-state index contributed by atoms with van der Waals surface area (Å²) in [5.41, 5.74) is 7.30. The average molecular weight is 292 g/mol. The van der Waals surface area contributed by atoms with E-state index in [4.69, 9.17) is 15.2 Å². The number of carbonyl (C=O) groups is 1. The first-order valence-electron chi connectivity index (χ1n) is 6.97. The third-order valence-corrected chi connectivity index (χ3v) is 2.98. The first-order valence-corrected chi connectivity index (χ1v) is 6.97. The van der Waals surface area contributed by atoms with Crippen molar-refractivity contribution in [2.45, 2.75) is 6.42 Å². The van der Waals surface area contributed by atoms with Gasteiger partial charge in [-0.2, -0.15) is 0 Å². The largest absolute Gasteiger partial charge is 0.399 e. The highest BCUT2D eigenvalue weighted by molar-refractivity contribution is 5.91. The summed E-state index contributed by atoms with van der Waals surface area (Å²) in [6.45, 7) is 2.37. The minimum Gasteiger partial charge on any atom is -0.399 e. The molecule has 2 N–H and O–H groups in total.